The SMILES string of the molecule is CCC(=O)N(CCCNC(=O)CC(=O)NC1CC1)C(C)=O. The Bertz CT molecular complexity index is 418. The quantitative estimate of drug-likeness (QED) is 0.485. The maximum atomic E-state index is 11.5. The van der Waals surface area contributed by atoms with E-state index < -0.39 is 0 Å². The average Bonchev–Trinajstić information content (AvgIpc) is 3.21. The standard InChI is InChI=1S/C14H23N3O4/c1-3-14(21)17(10(2)18)8-4-7-15-12(19)9-13(20)16-11-5-6-11/h11H,3-9H2,1-2H3,(H,15,19)(H,16,20). The van der Waals surface area contributed by atoms with Gasteiger partial charge < -0.3 is 10.6 Å². The molecule has 7 heteroatoms. The van der Waals surface area contributed by atoms with E-state index in [9.17, 15) is 19.2 Å². The molecule has 0 saturated heterocycles. The van der Waals surface area contributed by atoms with Crippen molar-refractivity contribution >= 4 is 23.6 Å². The number of rotatable bonds is 8. The van der Waals surface area contributed by atoms with Crippen molar-refractivity contribution in [2.45, 2.75) is 52.0 Å². The number of hydrogen-bond donors (Lipinski definition) is 2. The van der Waals surface area contributed by atoms with Crippen LogP contribution in [0.15, 0.2) is 0 Å². The van der Waals surface area contributed by atoms with Gasteiger partial charge in [0.05, 0.1) is 0 Å². The number of carbonyl (C=O) groups is 4. The minimum Gasteiger partial charge on any atom is -0.356 e. The fourth-order valence-electron chi connectivity index (χ4n) is 1.83. The molecule has 4 amide bonds. The number of nitrogens with zero attached hydrogens (tertiary/aromatic N) is 1. The zero-order valence-electron chi connectivity index (χ0n) is 12.6. The zero-order chi connectivity index (χ0) is 15.8. The molecular formula is C14H23N3O4. The topological polar surface area (TPSA) is 95.6 Å². The van der Waals surface area contributed by atoms with Gasteiger partial charge >= 0.3 is 0 Å². The first-order valence-electron chi connectivity index (χ1n) is 7.31. The lowest BCUT2D eigenvalue weighted by Gasteiger charge is -2.18. The highest BCUT2D eigenvalue weighted by Gasteiger charge is 2.24. The molecule has 0 aromatic carbocycles. The number of nitrogens with one attached hydrogen (secondary N) is 2. The van der Waals surface area contributed by atoms with E-state index in [0.29, 0.717) is 13.0 Å². The molecule has 0 aromatic heterocycles. The molecule has 0 aromatic rings. The third-order valence-corrected chi connectivity index (χ3v) is 3.13. The second kappa shape index (κ2) is 8.39. The highest BCUT2D eigenvalue weighted by Crippen LogP contribution is 2.18. The predicted molar refractivity (Wildman–Crippen MR) is 76.1 cm³/mol. The molecule has 1 fully saturated rings. The first-order chi connectivity index (χ1) is 9.93. The molecule has 1 saturated carbocycles. The van der Waals surface area contributed by atoms with E-state index in [2.05, 4.69) is 10.6 Å². The lowest BCUT2D eigenvalue weighted by Crippen LogP contribution is -2.38. The van der Waals surface area contributed by atoms with Gasteiger partial charge in [0.1, 0.15) is 6.42 Å². The number of hydrogen-bond acceptors (Lipinski definition) is 4. The molecule has 0 unspecified atom stereocenters. The molecule has 118 valence electrons. The van der Waals surface area contributed by atoms with Gasteiger partial charge in [-0.25, -0.2) is 0 Å². The van der Waals surface area contributed by atoms with Crippen LogP contribution in [0.25, 0.3) is 0 Å². The predicted octanol–water partition coefficient (Wildman–Crippen LogP) is -0.0535. The van der Waals surface area contributed by atoms with Gasteiger partial charge in [0, 0.05) is 32.5 Å². The van der Waals surface area contributed by atoms with Crippen molar-refractivity contribution in [1.29, 1.82) is 0 Å². The Kier molecular flexibility index (Phi) is 6.84. The molecule has 7 nitrogen and oxygen atoms in total. The van der Waals surface area contributed by atoms with E-state index >= 15 is 0 Å². The van der Waals surface area contributed by atoms with Crippen molar-refractivity contribution in [3.05, 3.63) is 0 Å². The third-order valence-electron chi connectivity index (χ3n) is 3.13. The summed E-state index contributed by atoms with van der Waals surface area (Å²) in [6, 6.07) is 0.245. The van der Waals surface area contributed by atoms with Crippen LogP contribution in [-0.4, -0.2) is 47.7 Å². The maximum absolute atomic E-state index is 11.5. The summed E-state index contributed by atoms with van der Waals surface area (Å²) in [6.07, 6.45) is 2.54. The third kappa shape index (κ3) is 6.87. The molecule has 1 aliphatic carbocycles. The summed E-state index contributed by atoms with van der Waals surface area (Å²) in [6.45, 7) is 3.64. The Hall–Kier alpha value is -1.92. The lowest BCUT2D eigenvalue weighted by molar-refractivity contribution is -0.143. The Labute approximate surface area is 124 Å². The van der Waals surface area contributed by atoms with Crippen molar-refractivity contribution < 1.29 is 19.2 Å². The monoisotopic (exact) mass is 297 g/mol. The molecule has 2 N–H and O–H groups in total. The van der Waals surface area contributed by atoms with Crippen molar-refractivity contribution in [3.8, 4) is 0 Å². The smallest absolute Gasteiger partial charge is 0.229 e. The second-order valence-electron chi connectivity index (χ2n) is 5.14. The van der Waals surface area contributed by atoms with E-state index in [-0.39, 0.29) is 49.1 Å². The molecule has 0 spiro atoms. The van der Waals surface area contributed by atoms with E-state index in [1.165, 1.54) is 11.8 Å². The Morgan fingerprint density at radius 1 is 1.14 bits per heavy atom. The minimum absolute atomic E-state index is 0.180. The van der Waals surface area contributed by atoms with Crippen molar-refractivity contribution in [3.63, 3.8) is 0 Å². The number of carbonyl (C=O) groups excluding carboxylic acids is 4. The summed E-state index contributed by atoms with van der Waals surface area (Å²) in [5.41, 5.74) is 0. The zero-order valence-corrected chi connectivity index (χ0v) is 12.6. The van der Waals surface area contributed by atoms with E-state index in [1.54, 1.807) is 6.92 Å². The van der Waals surface area contributed by atoms with Crippen LogP contribution in [0.4, 0.5) is 0 Å². The number of amides is 4. The molecule has 21 heavy (non-hydrogen) atoms. The summed E-state index contributed by atoms with van der Waals surface area (Å²) < 4.78 is 0. The molecule has 0 atom stereocenters. The second-order valence-corrected chi connectivity index (χ2v) is 5.14. The summed E-state index contributed by atoms with van der Waals surface area (Å²) in [7, 11) is 0. The van der Waals surface area contributed by atoms with Crippen LogP contribution >= 0.6 is 0 Å². The molecule has 0 aliphatic heterocycles. The highest BCUT2D eigenvalue weighted by molar-refractivity contribution is 5.97. The summed E-state index contributed by atoms with van der Waals surface area (Å²) in [5, 5.41) is 5.34. The fraction of sp³-hybridized carbons (Fsp3) is 0.714. The van der Waals surface area contributed by atoms with Gasteiger partial charge in [0.25, 0.3) is 0 Å². The van der Waals surface area contributed by atoms with Crippen LogP contribution in [-0.2, 0) is 19.2 Å². The van der Waals surface area contributed by atoms with Gasteiger partial charge in [-0.15, -0.1) is 0 Å². The first kappa shape index (κ1) is 17.1. The molecule has 0 radical (unpaired) electrons. The lowest BCUT2D eigenvalue weighted by atomic mass is 10.3. The van der Waals surface area contributed by atoms with Crippen LogP contribution in [0.1, 0.15) is 46.0 Å². The summed E-state index contributed by atoms with van der Waals surface area (Å²) >= 11 is 0. The minimum atomic E-state index is -0.343. The van der Waals surface area contributed by atoms with E-state index in [0.717, 1.165) is 12.8 Å². The van der Waals surface area contributed by atoms with Crippen molar-refractivity contribution in [2.75, 3.05) is 13.1 Å². The molecular weight excluding hydrogens is 274 g/mol. The molecule has 1 aliphatic rings. The van der Waals surface area contributed by atoms with Gasteiger partial charge in [0.2, 0.25) is 23.6 Å². The molecule has 0 bridgehead atoms. The Morgan fingerprint density at radius 3 is 2.33 bits per heavy atom. The van der Waals surface area contributed by atoms with Gasteiger partial charge in [-0.05, 0) is 19.3 Å². The Morgan fingerprint density at radius 2 is 1.81 bits per heavy atom. The van der Waals surface area contributed by atoms with Gasteiger partial charge in [-0.3, -0.25) is 24.1 Å². The largest absolute Gasteiger partial charge is 0.356 e. The molecule has 1 rings (SSSR count). The maximum Gasteiger partial charge on any atom is 0.229 e. The van der Waals surface area contributed by atoms with Crippen LogP contribution in [0.5, 0.6) is 0 Å². The normalized spacial score (nSPS) is 13.4. The first-order valence-corrected chi connectivity index (χ1v) is 7.31. The van der Waals surface area contributed by atoms with Gasteiger partial charge in [0.15, 0.2) is 0 Å². The van der Waals surface area contributed by atoms with Gasteiger partial charge in [-0.2, -0.15) is 0 Å². The summed E-state index contributed by atoms with van der Waals surface area (Å²) in [5.74, 6) is -1.12. The highest BCUT2D eigenvalue weighted by atomic mass is 16.2. The number of imide groups is 1. The fourth-order valence-corrected chi connectivity index (χ4v) is 1.83. The van der Waals surface area contributed by atoms with Crippen LogP contribution in [0.2, 0.25) is 0 Å². The average molecular weight is 297 g/mol. The van der Waals surface area contributed by atoms with Crippen molar-refractivity contribution in [2.24, 2.45) is 0 Å². The van der Waals surface area contributed by atoms with Gasteiger partial charge in [-0.1, -0.05) is 6.92 Å². The van der Waals surface area contributed by atoms with Crippen LogP contribution in [0, 0.1) is 0 Å². The van der Waals surface area contributed by atoms with Crippen LogP contribution < -0.4 is 10.6 Å². The van der Waals surface area contributed by atoms with E-state index in [4.69, 9.17) is 0 Å². The Balaban J connectivity index is 2.16. The van der Waals surface area contributed by atoms with E-state index in [1.807, 2.05) is 0 Å². The van der Waals surface area contributed by atoms with Crippen molar-refractivity contribution in [1.82, 2.24) is 15.5 Å². The molecule has 0 heterocycles. The van der Waals surface area contributed by atoms with Crippen LogP contribution in [0.3, 0.4) is 0 Å². The summed E-state index contributed by atoms with van der Waals surface area (Å²) in [4.78, 5) is 46.9.